The molecule has 152 valence electrons. The van der Waals surface area contributed by atoms with E-state index in [1.807, 2.05) is 0 Å². The third-order valence-corrected chi connectivity index (χ3v) is 4.71. The summed E-state index contributed by atoms with van der Waals surface area (Å²) in [7, 11) is 1.45. The number of aromatic nitrogens is 4. The van der Waals surface area contributed by atoms with E-state index >= 15 is 0 Å². The van der Waals surface area contributed by atoms with Gasteiger partial charge in [-0.25, -0.2) is 4.98 Å². The van der Waals surface area contributed by atoms with Crippen molar-refractivity contribution in [1.82, 2.24) is 20.2 Å². The molecule has 0 spiro atoms. The summed E-state index contributed by atoms with van der Waals surface area (Å²) in [5.41, 5.74) is 1.77. The predicted molar refractivity (Wildman–Crippen MR) is 101 cm³/mol. The first kappa shape index (κ1) is 20.9. The Balaban J connectivity index is 1.94. The fourth-order valence-electron chi connectivity index (χ4n) is 2.47. The number of anilines is 1. The molecule has 0 atom stereocenters. The Morgan fingerprint density at radius 2 is 1.97 bits per heavy atom. The second kappa shape index (κ2) is 8.29. The van der Waals surface area contributed by atoms with Crippen LogP contribution in [-0.2, 0) is 6.42 Å². The lowest BCUT2D eigenvalue weighted by Gasteiger charge is -2.13. The van der Waals surface area contributed by atoms with Crippen molar-refractivity contribution in [1.29, 1.82) is 0 Å². The SMILES string of the molecule is COc1cnc(Cl)cc1-c1cc(C)ncc1C(=O)Nc1nnc(CC(F)(F)F)s1. The van der Waals surface area contributed by atoms with E-state index in [0.717, 1.165) is 0 Å². The van der Waals surface area contributed by atoms with E-state index in [0.29, 0.717) is 33.9 Å². The highest BCUT2D eigenvalue weighted by molar-refractivity contribution is 7.15. The molecule has 7 nitrogen and oxygen atoms in total. The number of pyridine rings is 2. The molecule has 0 aliphatic heterocycles. The van der Waals surface area contributed by atoms with Crippen molar-refractivity contribution in [3.05, 3.63) is 45.9 Å². The van der Waals surface area contributed by atoms with Gasteiger partial charge in [0.25, 0.3) is 5.91 Å². The van der Waals surface area contributed by atoms with E-state index in [1.165, 1.54) is 19.5 Å². The van der Waals surface area contributed by atoms with Gasteiger partial charge in [-0.1, -0.05) is 22.9 Å². The van der Waals surface area contributed by atoms with Crippen LogP contribution >= 0.6 is 22.9 Å². The molecule has 0 aromatic carbocycles. The summed E-state index contributed by atoms with van der Waals surface area (Å²) in [6.07, 6.45) is -2.86. The summed E-state index contributed by atoms with van der Waals surface area (Å²) in [6, 6.07) is 3.20. The summed E-state index contributed by atoms with van der Waals surface area (Å²) >= 11 is 6.64. The number of nitrogens with one attached hydrogen (secondary N) is 1. The minimum absolute atomic E-state index is 0.0551. The van der Waals surface area contributed by atoms with Crippen LogP contribution in [0.15, 0.2) is 24.5 Å². The van der Waals surface area contributed by atoms with Crippen LogP contribution < -0.4 is 10.1 Å². The van der Waals surface area contributed by atoms with Crippen LogP contribution in [0.4, 0.5) is 18.3 Å². The smallest absolute Gasteiger partial charge is 0.395 e. The molecular weight excluding hydrogens is 431 g/mol. The van der Waals surface area contributed by atoms with Crippen molar-refractivity contribution in [3.8, 4) is 16.9 Å². The van der Waals surface area contributed by atoms with Crippen LogP contribution in [0.25, 0.3) is 11.1 Å². The van der Waals surface area contributed by atoms with Crippen LogP contribution in [0.5, 0.6) is 5.75 Å². The number of carbonyl (C=O) groups excluding carboxylic acids is 1. The summed E-state index contributed by atoms with van der Waals surface area (Å²) in [4.78, 5) is 20.9. The number of halogens is 4. The quantitative estimate of drug-likeness (QED) is 0.590. The number of nitrogens with zero attached hydrogens (tertiary/aromatic N) is 4. The summed E-state index contributed by atoms with van der Waals surface area (Å²) in [5, 5.41) is 9.39. The van der Waals surface area contributed by atoms with Gasteiger partial charge >= 0.3 is 6.18 Å². The number of alkyl halides is 3. The van der Waals surface area contributed by atoms with Gasteiger partial charge in [-0.2, -0.15) is 13.2 Å². The highest BCUT2D eigenvalue weighted by Crippen LogP contribution is 2.34. The molecule has 0 bridgehead atoms. The Labute approximate surface area is 171 Å². The van der Waals surface area contributed by atoms with Crippen LogP contribution in [0.3, 0.4) is 0 Å². The van der Waals surface area contributed by atoms with Crippen molar-refractivity contribution >= 4 is 34.0 Å². The number of hydrogen-bond acceptors (Lipinski definition) is 7. The molecule has 3 rings (SSSR count). The Kier molecular flexibility index (Phi) is 5.99. The third-order valence-electron chi connectivity index (χ3n) is 3.67. The molecule has 3 aromatic rings. The minimum Gasteiger partial charge on any atom is -0.494 e. The average molecular weight is 444 g/mol. The van der Waals surface area contributed by atoms with Gasteiger partial charge in [0.2, 0.25) is 5.13 Å². The zero-order chi connectivity index (χ0) is 21.2. The van der Waals surface area contributed by atoms with Crippen molar-refractivity contribution in [2.75, 3.05) is 12.4 Å². The van der Waals surface area contributed by atoms with Crippen molar-refractivity contribution in [3.63, 3.8) is 0 Å². The zero-order valence-electron chi connectivity index (χ0n) is 15.0. The Hall–Kier alpha value is -2.79. The van der Waals surface area contributed by atoms with Crippen molar-refractivity contribution in [2.45, 2.75) is 19.5 Å². The fourth-order valence-corrected chi connectivity index (χ4v) is 3.39. The van der Waals surface area contributed by atoms with Gasteiger partial charge in [0, 0.05) is 23.0 Å². The maximum Gasteiger partial charge on any atom is 0.395 e. The van der Waals surface area contributed by atoms with Crippen LogP contribution in [0.2, 0.25) is 5.15 Å². The van der Waals surface area contributed by atoms with Crippen LogP contribution in [-0.4, -0.2) is 39.4 Å². The molecule has 29 heavy (non-hydrogen) atoms. The summed E-state index contributed by atoms with van der Waals surface area (Å²) < 4.78 is 42.7. The number of rotatable bonds is 5. The van der Waals surface area contributed by atoms with Crippen LogP contribution in [0, 0.1) is 6.92 Å². The first-order chi connectivity index (χ1) is 13.7. The second-order valence-corrected chi connectivity index (χ2v) is 7.27. The summed E-state index contributed by atoms with van der Waals surface area (Å²) in [6.45, 7) is 1.74. The molecule has 0 saturated carbocycles. The Morgan fingerprint density at radius 3 is 2.66 bits per heavy atom. The molecule has 0 radical (unpaired) electrons. The van der Waals surface area contributed by atoms with Gasteiger partial charge in [-0.05, 0) is 19.1 Å². The van der Waals surface area contributed by atoms with E-state index in [1.54, 1.807) is 19.1 Å². The lowest BCUT2D eigenvalue weighted by Crippen LogP contribution is -2.14. The zero-order valence-corrected chi connectivity index (χ0v) is 16.6. The molecule has 0 aliphatic carbocycles. The maximum absolute atomic E-state index is 12.8. The van der Waals surface area contributed by atoms with E-state index < -0.39 is 18.5 Å². The molecule has 0 aliphatic rings. The van der Waals surface area contributed by atoms with Crippen LogP contribution in [0.1, 0.15) is 21.1 Å². The monoisotopic (exact) mass is 443 g/mol. The van der Waals surface area contributed by atoms with Crippen molar-refractivity contribution in [2.24, 2.45) is 0 Å². The number of aryl methyl sites for hydroxylation is 1. The average Bonchev–Trinajstić information content (AvgIpc) is 3.06. The first-order valence-corrected chi connectivity index (χ1v) is 9.23. The molecule has 0 saturated heterocycles. The van der Waals surface area contributed by atoms with Gasteiger partial charge in [0.05, 0.1) is 25.3 Å². The lowest BCUT2D eigenvalue weighted by molar-refractivity contribution is -0.127. The van der Waals surface area contributed by atoms with E-state index in [4.69, 9.17) is 16.3 Å². The van der Waals surface area contributed by atoms with Gasteiger partial charge < -0.3 is 4.74 Å². The maximum atomic E-state index is 12.8. The van der Waals surface area contributed by atoms with Crippen molar-refractivity contribution < 1.29 is 22.7 Å². The first-order valence-electron chi connectivity index (χ1n) is 8.03. The van der Waals surface area contributed by atoms with Gasteiger partial charge in [-0.15, -0.1) is 10.2 Å². The number of methoxy groups -OCH3 is 1. The molecule has 0 fully saturated rings. The van der Waals surface area contributed by atoms with E-state index in [-0.39, 0.29) is 20.9 Å². The predicted octanol–water partition coefficient (Wildman–Crippen LogP) is 4.32. The highest BCUT2D eigenvalue weighted by Gasteiger charge is 2.30. The molecule has 3 heterocycles. The molecular formula is C17H13ClF3N5O2S. The summed E-state index contributed by atoms with van der Waals surface area (Å²) in [5.74, 6) is -0.227. The highest BCUT2D eigenvalue weighted by atomic mass is 35.5. The Morgan fingerprint density at radius 1 is 1.21 bits per heavy atom. The van der Waals surface area contributed by atoms with E-state index in [9.17, 15) is 18.0 Å². The van der Waals surface area contributed by atoms with E-state index in [2.05, 4.69) is 25.5 Å². The molecule has 0 unspecified atom stereocenters. The normalized spacial score (nSPS) is 11.4. The second-order valence-electron chi connectivity index (χ2n) is 5.83. The fraction of sp³-hybridized carbons (Fsp3) is 0.235. The Bertz CT molecular complexity index is 1060. The molecule has 3 aromatic heterocycles. The molecule has 12 heteroatoms. The van der Waals surface area contributed by atoms with Gasteiger partial charge in [0.1, 0.15) is 15.9 Å². The molecule has 1 N–H and O–H groups in total. The number of amides is 1. The minimum atomic E-state index is -4.41. The van der Waals surface area contributed by atoms with Gasteiger partial charge in [-0.3, -0.25) is 15.1 Å². The largest absolute Gasteiger partial charge is 0.494 e. The number of carbonyl (C=O) groups is 1. The third kappa shape index (κ3) is 5.18. The standard InChI is InChI=1S/C17H13ClF3N5O2S/c1-8-3-9(10-4-13(18)23-7-12(10)28-2)11(6-22-8)15(27)24-16-26-25-14(29-16)5-17(19,20)21/h3-4,6-7H,5H2,1-2H3,(H,24,26,27). The number of ether oxygens (including phenoxy) is 1. The molecule has 1 amide bonds. The van der Waals surface area contributed by atoms with Gasteiger partial charge in [0.15, 0.2) is 0 Å². The lowest BCUT2D eigenvalue weighted by atomic mass is 10.0. The topological polar surface area (TPSA) is 89.9 Å². The number of hydrogen-bond donors (Lipinski definition) is 1.